The van der Waals surface area contributed by atoms with Crippen LogP contribution in [0.2, 0.25) is 0 Å². The van der Waals surface area contributed by atoms with Gasteiger partial charge < -0.3 is 5.11 Å². The van der Waals surface area contributed by atoms with E-state index in [1.54, 1.807) is 24.4 Å². The Hall–Kier alpha value is -5.57. The summed E-state index contributed by atoms with van der Waals surface area (Å²) in [5.74, 6) is -2.14. The minimum Gasteiger partial charge on any atom is -0.507 e. The predicted octanol–water partition coefficient (Wildman–Crippen LogP) is 16.4. The fraction of sp³-hybridized carbons (Fsp3) is 0.311. The summed E-state index contributed by atoms with van der Waals surface area (Å²) >= 11 is 0. The van der Waals surface area contributed by atoms with E-state index in [-0.39, 0.29) is 60.4 Å². The number of phenols is 1. The van der Waals surface area contributed by atoms with Crippen molar-refractivity contribution in [2.24, 2.45) is 0 Å². The smallest absolute Gasteiger partial charge is 0.148 e. The zero-order chi connectivity index (χ0) is 64.5. The van der Waals surface area contributed by atoms with E-state index in [1.807, 2.05) is 104 Å². The summed E-state index contributed by atoms with van der Waals surface area (Å²) in [7, 11) is 0. The first kappa shape index (κ1) is 27.9. The molecular weight excluding hydrogens is 986 g/mol. The van der Waals surface area contributed by atoms with Crippen LogP contribution >= 0.6 is 0 Å². The quantitative estimate of drug-likeness (QED) is 0.169. The summed E-state index contributed by atoms with van der Waals surface area (Å²) in [6.07, 6.45) is 1.68. The molecule has 0 fully saturated rings. The molecule has 0 unspecified atom stereocenters. The predicted molar refractivity (Wildman–Crippen MR) is 276 cm³/mol. The fourth-order valence-corrected chi connectivity index (χ4v) is 8.31. The van der Waals surface area contributed by atoms with E-state index in [0.29, 0.717) is 34.0 Å². The molecule has 0 aliphatic heterocycles. The molecule has 8 aromatic rings. The van der Waals surface area contributed by atoms with Gasteiger partial charge in [0.25, 0.3) is 0 Å². The fourth-order valence-electron chi connectivity index (χ4n) is 8.31. The molecular formula is C61H66N3OPt-. The number of nitrogens with zero attached hydrogens (tertiary/aromatic N) is 3. The number of hydrogen-bond acceptors (Lipinski definition) is 3. The number of aryl methyl sites for hydroxylation is 3. The largest absolute Gasteiger partial charge is 0.507 e. The molecule has 66 heavy (non-hydrogen) atoms. The molecule has 6 aromatic carbocycles. The zero-order valence-corrected chi connectivity index (χ0v) is 40.4. The third kappa shape index (κ3) is 9.63. The number of aromatic hydroxyl groups is 1. The maximum Gasteiger partial charge on any atom is 0.148 e. The van der Waals surface area contributed by atoms with Gasteiger partial charge in [-0.05, 0) is 112 Å². The van der Waals surface area contributed by atoms with Crippen molar-refractivity contribution in [1.82, 2.24) is 14.5 Å². The van der Waals surface area contributed by atoms with E-state index in [2.05, 4.69) is 24.3 Å². The number of pyridine rings is 1. The zero-order valence-electron chi connectivity index (χ0n) is 59.2. The van der Waals surface area contributed by atoms with Crippen molar-refractivity contribution >= 4 is 11.0 Å². The Morgan fingerprint density at radius 3 is 1.86 bits per heavy atom. The molecule has 1 N–H and O–H groups in total. The summed E-state index contributed by atoms with van der Waals surface area (Å²) in [4.78, 5) is 9.83. The van der Waals surface area contributed by atoms with Crippen LogP contribution in [0.5, 0.6) is 5.75 Å². The summed E-state index contributed by atoms with van der Waals surface area (Å²) in [6, 6.07) is 34.7. The Morgan fingerprint density at radius 2 is 1.21 bits per heavy atom. The number of fused-ring (bicyclic) bond motifs is 1. The molecule has 0 atom stereocenters. The third-order valence-electron chi connectivity index (χ3n) is 11.8. The van der Waals surface area contributed by atoms with Gasteiger partial charge >= 0.3 is 0 Å². The second-order valence-electron chi connectivity index (χ2n) is 19.2. The molecule has 8 rings (SSSR count). The van der Waals surface area contributed by atoms with Crippen LogP contribution in [0.25, 0.3) is 72.7 Å². The second-order valence-corrected chi connectivity index (χ2v) is 19.2. The van der Waals surface area contributed by atoms with Crippen LogP contribution in [0.1, 0.15) is 150 Å². The average molecular weight is 1070 g/mol. The number of para-hydroxylation sites is 1. The summed E-state index contributed by atoms with van der Waals surface area (Å²) in [5, 5.41) is 13.0. The number of hydrogen-bond donors (Lipinski definition) is 1. The van der Waals surface area contributed by atoms with E-state index in [1.165, 1.54) is 22.8 Å². The van der Waals surface area contributed by atoms with Crippen molar-refractivity contribution < 1.29 is 55.0 Å². The number of rotatable bonds is 6. The molecule has 2 aromatic heterocycles. The van der Waals surface area contributed by atoms with E-state index in [4.69, 9.17) is 38.8 Å². The van der Waals surface area contributed by atoms with Gasteiger partial charge in [0, 0.05) is 67.3 Å². The van der Waals surface area contributed by atoms with Crippen LogP contribution in [0.15, 0.2) is 121 Å². The maximum atomic E-state index is 13.0. The molecule has 2 heterocycles. The van der Waals surface area contributed by atoms with Gasteiger partial charge in [0.2, 0.25) is 0 Å². The minimum absolute atomic E-state index is 0. The van der Waals surface area contributed by atoms with Crippen molar-refractivity contribution in [3.63, 3.8) is 0 Å². The molecule has 0 saturated heterocycles. The van der Waals surface area contributed by atoms with Crippen LogP contribution < -0.4 is 0 Å². The first-order chi connectivity index (χ1) is 39.1. The van der Waals surface area contributed by atoms with E-state index in [9.17, 15) is 5.11 Å². The number of imidazole rings is 1. The number of aromatic nitrogens is 3. The monoisotopic (exact) mass is 1070 g/mol. The third-order valence-corrected chi connectivity index (χ3v) is 11.8. The Bertz CT molecular complexity index is 3810. The molecule has 0 aliphatic carbocycles. The van der Waals surface area contributed by atoms with Crippen molar-refractivity contribution in [3.05, 3.63) is 166 Å². The first-order valence-electron chi connectivity index (χ1n) is 31.9. The summed E-state index contributed by atoms with van der Waals surface area (Å²) < 4.78 is 186. The van der Waals surface area contributed by atoms with E-state index < -0.39 is 92.5 Å². The van der Waals surface area contributed by atoms with E-state index >= 15 is 0 Å². The van der Waals surface area contributed by atoms with Crippen molar-refractivity contribution in [1.29, 1.82) is 0 Å². The normalized spacial score (nSPS) is 18.5. The Labute approximate surface area is 438 Å². The molecule has 0 bridgehead atoms. The summed E-state index contributed by atoms with van der Waals surface area (Å²) in [6.45, 7) is -11.9. The van der Waals surface area contributed by atoms with Crippen LogP contribution in [0.4, 0.5) is 0 Å². The van der Waals surface area contributed by atoms with Gasteiger partial charge in [-0.3, -0.25) is 9.55 Å². The van der Waals surface area contributed by atoms with Crippen molar-refractivity contribution in [2.75, 3.05) is 0 Å². The van der Waals surface area contributed by atoms with Gasteiger partial charge in [0.15, 0.2) is 0 Å². The standard InChI is InChI=1S/C61H66N3O.Pt/c1-37-27-38(2)29-43(28-37)42-25-26-62-52(34-42)45-31-44(32-47(33-45)59(7,8)9)49-17-16-18-54-55(49)63-57(50-35-48(60(10,11)12)36-51(56(50)65)61(13,14)15)64(54)53-24-21-41(30-39(53)3)40-19-22-46(23-20-40)58(4,5)6;/h16-30,32-36,65H,1-15H3;/q-1;/i3D3,10D3,11D3,12D3,13D3,14D3,15D3;. The summed E-state index contributed by atoms with van der Waals surface area (Å²) in [5.41, 5.74) is -5.09. The number of phenolic OH excluding ortho intramolecular Hbond substituents is 1. The van der Waals surface area contributed by atoms with Crippen molar-refractivity contribution in [3.8, 4) is 67.5 Å². The molecule has 0 saturated carbocycles. The van der Waals surface area contributed by atoms with Crippen LogP contribution in [-0.4, -0.2) is 19.6 Å². The van der Waals surface area contributed by atoms with Gasteiger partial charge in [-0.2, -0.15) is 0 Å². The van der Waals surface area contributed by atoms with Gasteiger partial charge in [0.1, 0.15) is 11.6 Å². The molecule has 0 amide bonds. The molecule has 0 aliphatic rings. The molecule has 0 spiro atoms. The maximum absolute atomic E-state index is 13.0. The van der Waals surface area contributed by atoms with Gasteiger partial charge in [-0.1, -0.05) is 178 Å². The Kier molecular flexibility index (Phi) is 7.44. The Balaban J connectivity index is 0.0000108. The van der Waals surface area contributed by atoms with Crippen LogP contribution in [0.3, 0.4) is 0 Å². The van der Waals surface area contributed by atoms with Crippen molar-refractivity contribution in [2.45, 2.75) is 125 Å². The topological polar surface area (TPSA) is 50.9 Å². The van der Waals surface area contributed by atoms with Gasteiger partial charge in [-0.15, -0.1) is 29.3 Å². The van der Waals surface area contributed by atoms with Gasteiger partial charge in [-0.25, -0.2) is 4.98 Å². The minimum atomic E-state index is -4.23. The molecule has 5 heteroatoms. The van der Waals surface area contributed by atoms with Crippen LogP contribution in [0, 0.1) is 26.8 Å². The van der Waals surface area contributed by atoms with E-state index in [0.717, 1.165) is 33.4 Å². The van der Waals surface area contributed by atoms with Gasteiger partial charge in [0.05, 0.1) is 22.3 Å². The Morgan fingerprint density at radius 1 is 0.576 bits per heavy atom. The second kappa shape index (κ2) is 17.6. The first-order valence-corrected chi connectivity index (χ1v) is 21.4. The molecule has 4 nitrogen and oxygen atoms in total. The SMILES string of the molecule is [2H]C([2H])([2H])c1cc(-c2ccc(C(C)(C)C)cc2)ccc1-n1c(-c2cc(C(C([2H])([2H])[2H])(C([2H])([2H])[2H])C([2H])([2H])[2H])cc(C(C([2H])([2H])[2H])(C([2H])([2H])[2H])C([2H])([2H])[2H])c2O)nc2c(-c3[c-]c(-c4cc(-c5cc(C)cc(C)c5)ccn4)cc(C(C)(C)C)c3)cccc21.[Pt]. The molecule has 0 radical (unpaired) electrons. The average Bonchev–Trinajstić information content (AvgIpc) is 1.12. The van der Waals surface area contributed by atoms with Crippen LogP contribution in [-0.2, 0) is 42.7 Å². The molecule has 342 valence electrons. The number of benzene rings is 6.